The van der Waals surface area contributed by atoms with Gasteiger partial charge in [0.1, 0.15) is 102 Å². The van der Waals surface area contributed by atoms with E-state index in [9.17, 15) is 64.3 Å². The fourth-order valence-corrected chi connectivity index (χ4v) is 14.7. The molecule has 3 aliphatic carbocycles. The summed E-state index contributed by atoms with van der Waals surface area (Å²) in [4.78, 5) is 28.5. The van der Waals surface area contributed by atoms with Crippen LogP contribution >= 0.6 is 0 Å². The van der Waals surface area contributed by atoms with Crippen LogP contribution < -0.4 is 16.0 Å². The second kappa shape index (κ2) is 33.1. The van der Waals surface area contributed by atoms with Crippen molar-refractivity contribution in [2.24, 2.45) is 23.7 Å². The van der Waals surface area contributed by atoms with Crippen LogP contribution in [0.3, 0.4) is 0 Å². The summed E-state index contributed by atoms with van der Waals surface area (Å²) in [7, 11) is 3.24. The largest absolute Gasteiger partial charge is 0.394 e. The number of aliphatic hydroxyl groups excluding tert-OH is 9. The van der Waals surface area contributed by atoms with Crippen molar-refractivity contribution in [3.63, 3.8) is 0 Å². The molecule has 28 nitrogen and oxygen atoms in total. The Morgan fingerprint density at radius 3 is 1.85 bits per heavy atom. The Morgan fingerprint density at radius 2 is 1.24 bits per heavy atom. The number of rotatable bonds is 26. The number of hydrogen-bond donors (Lipinski definition) is 12. The molecule has 3 saturated carbocycles. The highest BCUT2D eigenvalue weighted by Gasteiger charge is 2.54. The van der Waals surface area contributed by atoms with Crippen LogP contribution in [-0.2, 0) is 42.7 Å². The van der Waals surface area contributed by atoms with Crippen LogP contribution in [0, 0.1) is 35.3 Å². The molecule has 3 saturated heterocycles. The predicted molar refractivity (Wildman–Crippen MR) is 333 cm³/mol. The molecule has 2 amide bonds. The highest BCUT2D eigenvalue weighted by molar-refractivity contribution is 5.80. The zero-order valence-corrected chi connectivity index (χ0v) is 54.3. The SMILES string of the molecule is CCC1CC(CNCCNCC2CC(n3cc(-c4cccc(F)c4)nn3)C(O)[C@H](O[C@@H]3OC(CO)[C@H](O)C(n4cc(-c5cccc(F)c5)nn4)C3O)C2)C[C@@H](O[C@@H]2OC(CO)[C@H](O)C(O[C@@H](CC3CCCCC3)C(=O)N(C)C)C2NC(C)=O)C1O[C@@H]1OC(C)[C@@H](O)C(O)C1O. The van der Waals surface area contributed by atoms with E-state index >= 15 is 0 Å². The molecule has 4 aromatic rings. The highest BCUT2D eigenvalue weighted by atomic mass is 19.1. The van der Waals surface area contributed by atoms with Crippen LogP contribution in [0.25, 0.3) is 22.5 Å². The minimum atomic E-state index is -1.64. The Bertz CT molecular complexity index is 3080. The monoisotopic (exact) mass is 1340 g/mol. The van der Waals surface area contributed by atoms with Crippen LogP contribution in [0.15, 0.2) is 60.9 Å². The maximum absolute atomic E-state index is 14.4. The van der Waals surface area contributed by atoms with E-state index in [2.05, 4.69) is 36.6 Å². The Labute approximate surface area is 550 Å². The lowest BCUT2D eigenvalue weighted by atomic mass is 9.76. The Kier molecular flexibility index (Phi) is 25.3. The Hall–Kier alpha value is -5.20. The van der Waals surface area contributed by atoms with E-state index in [-0.39, 0.29) is 41.7 Å². The standard InChI is InChI=1S/C65H96F2N10O18/c1-6-38-20-36(24-47(60(38)95-65-59(87)58(86)53(81)33(2)89-65)92-63-51(70-34(3)80)61(56(84)50(32-79)93-63)90-48(62(88)75(4)5)22-35-12-8-7-9-13-35)27-68-18-19-69-28-37-21-45(76-29-43(71-73-76)39-14-10-16-41(66)25-39)54(82)46(23-37)91-64-57(85)52(55(83)49(31-78)94-64)77-30-44(72-74-77)40-15-11-17-42(67)26-40/h10-11,14-17,25-26,29-30,33,35-38,45-61,63-65,68-69,78-79,81-87H,6-9,12-13,18-24,27-28,31-32H2,1-5H3,(H,70,80)/t33?,36?,37?,38?,45?,46-,47-,48+,49?,50?,51?,52?,53-,54?,55+,56+,57?,58?,59?,60?,61?,63-,64-,65+/m1/s1. The van der Waals surface area contributed by atoms with Crippen molar-refractivity contribution in [1.29, 1.82) is 0 Å². The van der Waals surface area contributed by atoms with E-state index in [1.54, 1.807) is 45.4 Å². The summed E-state index contributed by atoms with van der Waals surface area (Å²) in [5, 5.41) is 128. The third-order valence-electron chi connectivity index (χ3n) is 19.8. The van der Waals surface area contributed by atoms with E-state index in [4.69, 9.17) is 33.2 Å². The fraction of sp³-hybridized carbons (Fsp3) is 0.723. The summed E-state index contributed by atoms with van der Waals surface area (Å²) in [6.45, 7) is 5.26. The van der Waals surface area contributed by atoms with E-state index < -0.39 is 159 Å². The van der Waals surface area contributed by atoms with E-state index in [0.717, 1.165) is 32.1 Å². The number of carbonyl (C=O) groups excluding carboxylic acids is 2. The molecule has 15 unspecified atom stereocenters. The fourth-order valence-electron chi connectivity index (χ4n) is 14.7. The number of carbonyl (C=O) groups is 2. The lowest BCUT2D eigenvalue weighted by Crippen LogP contribution is -2.67. The number of likely N-dealkylation sites (N-methyl/N-ethyl adjacent to an activating group) is 1. The Morgan fingerprint density at radius 1 is 0.663 bits per heavy atom. The second-order valence-corrected chi connectivity index (χ2v) is 26.8. The van der Waals surface area contributed by atoms with Crippen LogP contribution in [-0.4, -0.2) is 263 Å². The van der Waals surface area contributed by atoms with Gasteiger partial charge < -0.3 is 100.0 Å². The molecule has 0 radical (unpaired) electrons. The van der Waals surface area contributed by atoms with Crippen LogP contribution in [0.5, 0.6) is 0 Å². The number of hydrogen-bond acceptors (Lipinski definition) is 24. The van der Waals surface area contributed by atoms with Gasteiger partial charge in [0, 0.05) is 45.2 Å². The van der Waals surface area contributed by atoms with E-state index in [0.29, 0.717) is 75.1 Å². The van der Waals surface area contributed by atoms with Gasteiger partial charge in [-0.1, -0.05) is 80.1 Å². The zero-order valence-electron chi connectivity index (χ0n) is 54.3. The van der Waals surface area contributed by atoms with Gasteiger partial charge in [-0.3, -0.25) is 9.59 Å². The lowest BCUT2D eigenvalue weighted by molar-refractivity contribution is -0.339. The summed E-state index contributed by atoms with van der Waals surface area (Å²) in [6.07, 6.45) is -13.1. The first kappa shape index (κ1) is 72.5. The maximum atomic E-state index is 14.4. The molecule has 3 aliphatic heterocycles. The molecule has 10 rings (SSSR count). The van der Waals surface area contributed by atoms with Crippen molar-refractivity contribution in [2.75, 3.05) is 53.5 Å². The topological polar surface area (TPSA) is 382 Å². The molecule has 6 aliphatic rings. The number of nitrogens with one attached hydrogen (secondary N) is 3. The molecule has 0 spiro atoms. The molecule has 24 atom stereocenters. The number of benzene rings is 2. The zero-order chi connectivity index (χ0) is 67.8. The molecule has 2 aromatic heterocycles. The molecule has 95 heavy (non-hydrogen) atoms. The first-order chi connectivity index (χ1) is 45.6. The van der Waals surface area contributed by atoms with Crippen molar-refractivity contribution in [1.82, 2.24) is 50.8 Å². The van der Waals surface area contributed by atoms with E-state index in [1.165, 1.54) is 57.7 Å². The minimum Gasteiger partial charge on any atom is -0.394 e. The van der Waals surface area contributed by atoms with Gasteiger partial charge in [0.05, 0.1) is 56.1 Å². The number of nitrogens with zero attached hydrogens (tertiary/aromatic N) is 7. The molecule has 5 heterocycles. The molecular formula is C65H96F2N10O18. The van der Waals surface area contributed by atoms with Gasteiger partial charge in [-0.05, 0) is 100 Å². The van der Waals surface area contributed by atoms with Crippen LogP contribution in [0.4, 0.5) is 8.78 Å². The number of halogens is 2. The summed E-state index contributed by atoms with van der Waals surface area (Å²) < 4.78 is 76.4. The average Bonchev–Trinajstić information content (AvgIpc) is 1.75. The van der Waals surface area contributed by atoms with Crippen molar-refractivity contribution in [3.05, 3.63) is 72.6 Å². The highest BCUT2D eigenvalue weighted by Crippen LogP contribution is 2.42. The molecule has 6 fully saturated rings. The molecule has 2 aromatic carbocycles. The van der Waals surface area contributed by atoms with Gasteiger partial charge in [-0.15, -0.1) is 10.2 Å². The molecule has 528 valence electrons. The summed E-state index contributed by atoms with van der Waals surface area (Å²) in [6, 6.07) is 8.28. The van der Waals surface area contributed by atoms with Crippen molar-refractivity contribution in [3.8, 4) is 22.5 Å². The first-order valence-corrected chi connectivity index (χ1v) is 33.4. The van der Waals surface area contributed by atoms with Gasteiger partial charge in [-0.2, -0.15) is 0 Å². The smallest absolute Gasteiger partial charge is 0.251 e. The summed E-state index contributed by atoms with van der Waals surface area (Å²) in [5.74, 6) is -2.22. The molecule has 0 bridgehead atoms. The number of aromatic nitrogens is 6. The number of amides is 2. The van der Waals surface area contributed by atoms with Crippen molar-refractivity contribution in [2.45, 2.75) is 220 Å². The first-order valence-electron chi connectivity index (χ1n) is 33.4. The van der Waals surface area contributed by atoms with Gasteiger partial charge in [0.15, 0.2) is 18.9 Å². The molecule has 30 heteroatoms. The third kappa shape index (κ3) is 17.5. The predicted octanol–water partition coefficient (Wildman–Crippen LogP) is 0.468. The molecular weight excluding hydrogens is 1250 g/mol. The van der Waals surface area contributed by atoms with Gasteiger partial charge >= 0.3 is 0 Å². The van der Waals surface area contributed by atoms with Crippen LogP contribution in [0.1, 0.15) is 103 Å². The van der Waals surface area contributed by atoms with Gasteiger partial charge in [0.2, 0.25) is 5.91 Å². The number of aliphatic hydroxyl groups is 9. The third-order valence-corrected chi connectivity index (χ3v) is 19.8. The summed E-state index contributed by atoms with van der Waals surface area (Å²) in [5.41, 5.74) is 1.46. The minimum absolute atomic E-state index is 0.0954. The van der Waals surface area contributed by atoms with Gasteiger partial charge in [0.25, 0.3) is 5.91 Å². The lowest BCUT2D eigenvalue weighted by Gasteiger charge is -2.49. The maximum Gasteiger partial charge on any atom is 0.251 e. The van der Waals surface area contributed by atoms with Crippen molar-refractivity contribution < 1.29 is 97.5 Å². The van der Waals surface area contributed by atoms with Crippen molar-refractivity contribution >= 4 is 11.8 Å². The second-order valence-electron chi connectivity index (χ2n) is 26.8. The van der Waals surface area contributed by atoms with Crippen LogP contribution in [0.2, 0.25) is 0 Å². The van der Waals surface area contributed by atoms with E-state index in [1.807, 2.05) is 6.92 Å². The number of ether oxygens (including phenoxy) is 7. The Balaban J connectivity index is 0.835. The normalized spacial score (nSPS) is 36.0. The van der Waals surface area contributed by atoms with Gasteiger partial charge in [-0.25, -0.2) is 18.1 Å². The summed E-state index contributed by atoms with van der Waals surface area (Å²) >= 11 is 0. The average molecular weight is 1340 g/mol. The quantitative estimate of drug-likeness (QED) is 0.0380. The molecule has 12 N–H and O–H groups in total.